The van der Waals surface area contributed by atoms with Crippen molar-refractivity contribution in [1.82, 2.24) is 15.3 Å². The first-order valence-corrected chi connectivity index (χ1v) is 8.45. The van der Waals surface area contributed by atoms with E-state index in [1.165, 1.54) is 24.8 Å². The summed E-state index contributed by atoms with van der Waals surface area (Å²) in [5, 5.41) is 3.15. The molecule has 0 aliphatic rings. The van der Waals surface area contributed by atoms with Gasteiger partial charge in [0.05, 0.1) is 24.6 Å². The Bertz CT molecular complexity index is 701. The first-order chi connectivity index (χ1) is 9.88. The van der Waals surface area contributed by atoms with Crippen LogP contribution >= 0.6 is 15.9 Å². The first-order valence-electron chi connectivity index (χ1n) is 6.18. The number of halogens is 1. The molecule has 114 valence electrons. The average Bonchev–Trinajstić information content (AvgIpc) is 2.79. The maximum Gasteiger partial charge on any atom is 0.266 e. The monoisotopic (exact) mass is 374 g/mol. The van der Waals surface area contributed by atoms with Crippen LogP contribution in [0.25, 0.3) is 0 Å². The molecule has 0 radical (unpaired) electrons. The van der Waals surface area contributed by atoms with Crippen molar-refractivity contribution in [3.63, 3.8) is 0 Å². The highest BCUT2D eigenvalue weighted by Crippen LogP contribution is 2.27. The van der Waals surface area contributed by atoms with E-state index in [4.69, 9.17) is 4.42 Å². The van der Waals surface area contributed by atoms with Crippen LogP contribution in [0, 0.1) is 0 Å². The van der Waals surface area contributed by atoms with Crippen molar-refractivity contribution in [3.8, 4) is 0 Å². The van der Waals surface area contributed by atoms with Gasteiger partial charge in [-0.05, 0) is 15.9 Å². The Morgan fingerprint density at radius 3 is 2.62 bits per heavy atom. The maximum absolute atomic E-state index is 12.3. The molecule has 9 heteroatoms. The van der Waals surface area contributed by atoms with Crippen molar-refractivity contribution in [2.75, 3.05) is 4.72 Å². The lowest BCUT2D eigenvalue weighted by Crippen LogP contribution is -2.21. The molecule has 0 saturated heterocycles. The summed E-state index contributed by atoms with van der Waals surface area (Å²) < 4.78 is 32.5. The molecule has 2 aromatic rings. The lowest BCUT2D eigenvalue weighted by Gasteiger charge is -2.05. The number of sulfonamides is 1. The van der Waals surface area contributed by atoms with E-state index in [0.717, 1.165) is 0 Å². The lowest BCUT2D eigenvalue weighted by atomic mass is 10.3. The van der Waals surface area contributed by atoms with Gasteiger partial charge in [-0.1, -0.05) is 13.8 Å². The zero-order chi connectivity index (χ0) is 15.5. The van der Waals surface area contributed by atoms with Gasteiger partial charge in [-0.25, -0.2) is 18.4 Å². The van der Waals surface area contributed by atoms with Gasteiger partial charge in [0.15, 0.2) is 4.67 Å². The van der Waals surface area contributed by atoms with Crippen LogP contribution in [-0.2, 0) is 16.6 Å². The summed E-state index contributed by atoms with van der Waals surface area (Å²) in [7, 11) is -3.76. The minimum atomic E-state index is -3.76. The van der Waals surface area contributed by atoms with Gasteiger partial charge in [0.2, 0.25) is 0 Å². The van der Waals surface area contributed by atoms with Gasteiger partial charge in [-0.15, -0.1) is 0 Å². The molecule has 0 atom stereocenters. The molecule has 0 bridgehead atoms. The summed E-state index contributed by atoms with van der Waals surface area (Å²) in [6, 6.07) is 1.75. The van der Waals surface area contributed by atoms with E-state index in [9.17, 15) is 8.42 Å². The van der Waals surface area contributed by atoms with Gasteiger partial charge in [0, 0.05) is 12.1 Å². The maximum atomic E-state index is 12.3. The summed E-state index contributed by atoms with van der Waals surface area (Å²) >= 11 is 3.13. The highest BCUT2D eigenvalue weighted by molar-refractivity contribution is 9.10. The van der Waals surface area contributed by atoms with Gasteiger partial charge < -0.3 is 9.73 Å². The number of hydrogen-bond donors (Lipinski definition) is 2. The molecule has 2 N–H and O–H groups in total. The van der Waals surface area contributed by atoms with Gasteiger partial charge in [0.25, 0.3) is 10.0 Å². The van der Waals surface area contributed by atoms with Crippen molar-refractivity contribution in [3.05, 3.63) is 35.2 Å². The van der Waals surface area contributed by atoms with Crippen LogP contribution in [-0.4, -0.2) is 24.4 Å². The highest BCUT2D eigenvalue weighted by atomic mass is 79.9. The van der Waals surface area contributed by atoms with E-state index in [1.807, 2.05) is 13.8 Å². The van der Waals surface area contributed by atoms with Crippen LogP contribution in [0.1, 0.15) is 19.6 Å². The summed E-state index contributed by atoms with van der Waals surface area (Å²) in [4.78, 5) is 7.55. The molecule has 2 heterocycles. The Hall–Kier alpha value is -1.45. The zero-order valence-electron chi connectivity index (χ0n) is 11.5. The summed E-state index contributed by atoms with van der Waals surface area (Å²) in [6.45, 7) is 4.43. The third-order valence-electron chi connectivity index (χ3n) is 2.49. The van der Waals surface area contributed by atoms with E-state index in [2.05, 4.69) is 35.9 Å². The van der Waals surface area contributed by atoms with Gasteiger partial charge >= 0.3 is 0 Å². The first kappa shape index (κ1) is 15.9. The molecular formula is C12H15BrN4O3S. The lowest BCUT2D eigenvalue weighted by molar-refractivity contribution is 0.447. The van der Waals surface area contributed by atoms with Crippen LogP contribution in [0.3, 0.4) is 0 Å². The molecule has 2 rings (SSSR count). The standard InChI is InChI=1S/C12H15BrN4O3S/c1-8(2)16-6-10-3-11(12(13)20-10)21(18,19)17-9-4-14-7-15-5-9/h3-5,7-8,16-17H,6H2,1-2H3. The Balaban J connectivity index is 2.20. The van der Waals surface area contributed by atoms with Crippen LogP contribution in [0.15, 0.2) is 38.8 Å². The normalized spacial score (nSPS) is 11.8. The Labute approximate surface area is 131 Å². The molecule has 0 spiro atoms. The minimum Gasteiger partial charge on any atom is -0.451 e. The molecule has 7 nitrogen and oxygen atoms in total. The number of furan rings is 1. The predicted octanol–water partition coefficient (Wildman–Crippen LogP) is 2.13. The number of aromatic nitrogens is 2. The molecule has 0 aliphatic heterocycles. The molecule has 0 saturated carbocycles. The number of hydrogen-bond acceptors (Lipinski definition) is 6. The third kappa shape index (κ3) is 4.26. The fourth-order valence-electron chi connectivity index (χ4n) is 1.53. The molecule has 0 fully saturated rings. The smallest absolute Gasteiger partial charge is 0.266 e. The Morgan fingerprint density at radius 1 is 1.33 bits per heavy atom. The van der Waals surface area contributed by atoms with E-state index < -0.39 is 10.0 Å². The molecule has 0 amide bonds. The van der Waals surface area contributed by atoms with Crippen molar-refractivity contribution in [2.45, 2.75) is 31.3 Å². The Morgan fingerprint density at radius 2 is 2.00 bits per heavy atom. The van der Waals surface area contributed by atoms with E-state index in [0.29, 0.717) is 12.3 Å². The highest BCUT2D eigenvalue weighted by Gasteiger charge is 2.22. The number of nitrogens with zero attached hydrogens (tertiary/aromatic N) is 2. The minimum absolute atomic E-state index is 0.0342. The van der Waals surface area contributed by atoms with Crippen LogP contribution in [0.5, 0.6) is 0 Å². The largest absolute Gasteiger partial charge is 0.451 e. The van der Waals surface area contributed by atoms with Crippen LogP contribution in [0.2, 0.25) is 0 Å². The van der Waals surface area contributed by atoms with Crippen molar-refractivity contribution >= 4 is 31.6 Å². The third-order valence-corrected chi connectivity index (χ3v) is 4.73. The molecule has 0 aromatic carbocycles. The number of anilines is 1. The predicted molar refractivity (Wildman–Crippen MR) is 81.2 cm³/mol. The molecule has 0 unspecified atom stereocenters. The Kier molecular flexibility index (Phi) is 4.96. The van der Waals surface area contributed by atoms with E-state index in [1.54, 1.807) is 0 Å². The second kappa shape index (κ2) is 6.54. The van der Waals surface area contributed by atoms with E-state index in [-0.39, 0.29) is 21.3 Å². The van der Waals surface area contributed by atoms with Crippen molar-refractivity contribution in [1.29, 1.82) is 0 Å². The topological polar surface area (TPSA) is 97.1 Å². The van der Waals surface area contributed by atoms with Crippen LogP contribution in [0.4, 0.5) is 5.69 Å². The van der Waals surface area contributed by atoms with Gasteiger partial charge in [0.1, 0.15) is 17.0 Å². The fraction of sp³-hybridized carbons (Fsp3) is 0.333. The zero-order valence-corrected chi connectivity index (χ0v) is 13.9. The molecule has 21 heavy (non-hydrogen) atoms. The number of rotatable bonds is 6. The second-order valence-electron chi connectivity index (χ2n) is 4.62. The van der Waals surface area contributed by atoms with Gasteiger partial charge in [-0.2, -0.15) is 0 Å². The second-order valence-corrected chi connectivity index (χ2v) is 6.99. The molecule has 0 aliphatic carbocycles. The average molecular weight is 375 g/mol. The van der Waals surface area contributed by atoms with E-state index >= 15 is 0 Å². The fourth-order valence-corrected chi connectivity index (χ4v) is 3.56. The summed E-state index contributed by atoms with van der Waals surface area (Å²) in [5.74, 6) is 0.528. The quantitative estimate of drug-likeness (QED) is 0.803. The summed E-state index contributed by atoms with van der Waals surface area (Å²) in [6.07, 6.45) is 4.07. The molecule has 2 aromatic heterocycles. The van der Waals surface area contributed by atoms with Gasteiger partial charge in [-0.3, -0.25) is 4.72 Å². The van der Waals surface area contributed by atoms with Crippen LogP contribution < -0.4 is 10.0 Å². The number of nitrogens with one attached hydrogen (secondary N) is 2. The summed E-state index contributed by atoms with van der Waals surface area (Å²) in [5.41, 5.74) is 0.285. The SMILES string of the molecule is CC(C)NCc1cc(S(=O)(=O)Nc2cncnc2)c(Br)o1. The van der Waals surface area contributed by atoms with Crippen molar-refractivity contribution in [2.24, 2.45) is 0 Å². The molecular weight excluding hydrogens is 360 g/mol. The van der Waals surface area contributed by atoms with Crippen molar-refractivity contribution < 1.29 is 12.8 Å².